The van der Waals surface area contributed by atoms with Crippen molar-refractivity contribution < 1.29 is 0 Å². The maximum Gasteiger partial charge on any atom is 0.0159 e. The van der Waals surface area contributed by atoms with Crippen LogP contribution in [0.1, 0.15) is 155 Å². The van der Waals surface area contributed by atoms with Crippen molar-refractivity contribution >= 4 is 129 Å². The van der Waals surface area contributed by atoms with E-state index in [9.17, 15) is 0 Å². The van der Waals surface area contributed by atoms with Crippen LogP contribution in [0, 0.1) is 0 Å². The second-order valence-corrected chi connectivity index (χ2v) is 41.2. The van der Waals surface area contributed by atoms with E-state index in [-0.39, 0.29) is 32.5 Å². The van der Waals surface area contributed by atoms with Gasteiger partial charge in [0.15, 0.2) is 0 Å². The first-order chi connectivity index (χ1) is 58.4. The van der Waals surface area contributed by atoms with Crippen LogP contribution in [0.4, 0.5) is 0 Å². The molecule has 0 amide bonds. The van der Waals surface area contributed by atoms with Crippen LogP contribution in [0.5, 0.6) is 0 Å². The molecule has 0 fully saturated rings. The van der Waals surface area contributed by atoms with Gasteiger partial charge in [-0.25, -0.2) is 0 Å². The highest BCUT2D eigenvalue weighted by molar-refractivity contribution is 6.30. The monoisotopic (exact) mass is 1560 g/mol. The van der Waals surface area contributed by atoms with Crippen molar-refractivity contribution in [2.24, 2.45) is 0 Å². The van der Waals surface area contributed by atoms with E-state index in [4.69, 9.17) is 0 Å². The van der Waals surface area contributed by atoms with Crippen LogP contribution < -0.4 is 0 Å². The van der Waals surface area contributed by atoms with Crippen molar-refractivity contribution in [3.63, 3.8) is 0 Å². The molecule has 0 saturated heterocycles. The fraction of sp³-hybridized carbons (Fsp3) is 0.180. The molecule has 2 aliphatic rings. The zero-order valence-electron chi connectivity index (χ0n) is 73.0. The Hall–Kier alpha value is -13.0. The second kappa shape index (κ2) is 25.8. The summed E-state index contributed by atoms with van der Waals surface area (Å²) >= 11 is 0. The lowest BCUT2D eigenvalue weighted by atomic mass is 9.80. The molecule has 0 radical (unpaired) electrons. The molecule has 2 aliphatic carbocycles. The minimum atomic E-state index is -0.142. The number of hydrogen-bond donors (Lipinski definition) is 0. The molecule has 0 aromatic heterocycles. The summed E-state index contributed by atoms with van der Waals surface area (Å²) in [5, 5.41) is 32.1. The van der Waals surface area contributed by atoms with Gasteiger partial charge in [-0.05, 0) is 309 Å². The van der Waals surface area contributed by atoms with Gasteiger partial charge in [0, 0.05) is 10.8 Å². The third-order valence-electron chi connectivity index (χ3n) is 28.9. The van der Waals surface area contributed by atoms with Gasteiger partial charge < -0.3 is 0 Å². The Bertz CT molecular complexity index is 7610. The molecule has 24 rings (SSSR count). The molecule has 0 nitrogen and oxygen atoms in total. The van der Waals surface area contributed by atoms with E-state index >= 15 is 0 Å². The van der Waals surface area contributed by atoms with E-state index in [2.05, 4.69) is 426 Å². The summed E-state index contributed by atoms with van der Waals surface area (Å²) in [6.07, 6.45) is 0. The van der Waals surface area contributed by atoms with Crippen molar-refractivity contribution in [2.75, 3.05) is 0 Å². The van der Waals surface area contributed by atoms with E-state index in [1.54, 1.807) is 0 Å². The van der Waals surface area contributed by atoms with Crippen molar-refractivity contribution in [3.8, 4) is 89.0 Å². The molecule has 0 unspecified atom stereocenters. The first-order valence-electron chi connectivity index (χ1n) is 44.1. The second-order valence-electron chi connectivity index (χ2n) is 41.2. The third-order valence-corrected chi connectivity index (χ3v) is 28.9. The first kappa shape index (κ1) is 74.1. The molecular formula is C122H100. The average Bonchev–Trinajstić information content (AvgIpc) is 1.41. The molecule has 588 valence electrons. The Balaban J connectivity index is 0.000000144. The summed E-state index contributed by atoms with van der Waals surface area (Å²) in [6, 6.07) is 122. The number of benzene rings is 22. The quantitative estimate of drug-likeness (QED) is 0.146. The third kappa shape index (κ3) is 11.2. The maximum absolute atomic E-state index is 2.49. The molecule has 0 saturated carbocycles. The molecular weight excluding hydrogens is 1470 g/mol. The molecule has 22 aromatic carbocycles. The predicted octanol–water partition coefficient (Wildman–Crippen LogP) is 34.8. The van der Waals surface area contributed by atoms with Gasteiger partial charge in [0.05, 0.1) is 0 Å². The lowest BCUT2D eigenvalue weighted by Gasteiger charge is -2.24. The summed E-state index contributed by atoms with van der Waals surface area (Å²) in [6.45, 7) is 37.3. The Kier molecular flexibility index (Phi) is 15.7. The molecule has 0 N–H and O–H groups in total. The minimum Gasteiger partial charge on any atom is -0.0561 e. The molecule has 0 bridgehead atoms. The van der Waals surface area contributed by atoms with Gasteiger partial charge >= 0.3 is 0 Å². The van der Waals surface area contributed by atoms with Crippen molar-refractivity contribution in [1.29, 1.82) is 0 Å². The van der Waals surface area contributed by atoms with Gasteiger partial charge in [-0.2, -0.15) is 0 Å². The van der Waals surface area contributed by atoms with Gasteiger partial charge in [-0.1, -0.05) is 402 Å². The molecule has 0 heterocycles. The van der Waals surface area contributed by atoms with Crippen LogP contribution in [0.15, 0.2) is 315 Å². The van der Waals surface area contributed by atoms with Crippen molar-refractivity contribution in [3.05, 3.63) is 360 Å². The zero-order valence-corrected chi connectivity index (χ0v) is 73.0. The van der Waals surface area contributed by atoms with Crippen LogP contribution >= 0.6 is 0 Å². The van der Waals surface area contributed by atoms with E-state index in [1.807, 2.05) is 0 Å². The van der Waals surface area contributed by atoms with Gasteiger partial charge in [-0.15, -0.1) is 0 Å². The standard InChI is InChI=1S/C67H54.C55H46/c1-65(2,3)51-33-47-19-17-43-21-27-53(57-31-25-49(35-51)61(47)63(43)57)41-13-9-39(10-14-41)45-23-29-55-56-30-24-46(38-60(56)67(7,8)59(55)37-45)40-11-15-42(16-12-40)54-28-22-44-18-20-48-34-52(66(4,5)6)36-50-26-32-58(54)64(44)62(48)50;1-53(2,3)39-25-35-11-9-31-13-19-41(45-23-17-37(27-39)49(35)51(31)45)33-15-21-43-44-22-16-34(30-48(44)55(7,8)47(43)29-33)42-20-14-32-10-12-36-26-40(54(4,5)6)28-38-18-24-46(42)52(32)50(36)38/h9-38H,1-8H3;9-30H,1-8H3. The highest BCUT2D eigenvalue weighted by Gasteiger charge is 2.39. The van der Waals surface area contributed by atoms with Gasteiger partial charge in [0.2, 0.25) is 0 Å². The van der Waals surface area contributed by atoms with Crippen molar-refractivity contribution in [1.82, 2.24) is 0 Å². The fourth-order valence-corrected chi connectivity index (χ4v) is 21.9. The lowest BCUT2D eigenvalue weighted by molar-refractivity contribution is 0.591. The Morgan fingerprint density at radius 2 is 0.320 bits per heavy atom. The molecule has 0 atom stereocenters. The number of hydrogen-bond acceptors (Lipinski definition) is 0. The Labute approximate surface area is 716 Å². The van der Waals surface area contributed by atoms with Crippen LogP contribution in [0.2, 0.25) is 0 Å². The summed E-state index contributed by atoms with van der Waals surface area (Å²) in [5.41, 5.74) is 31.9. The van der Waals surface area contributed by atoms with E-state index in [0.29, 0.717) is 0 Å². The van der Waals surface area contributed by atoms with Crippen LogP contribution in [-0.4, -0.2) is 0 Å². The summed E-state index contributed by atoms with van der Waals surface area (Å²) in [5.74, 6) is 0. The predicted molar refractivity (Wildman–Crippen MR) is 530 cm³/mol. The van der Waals surface area contributed by atoms with Gasteiger partial charge in [0.1, 0.15) is 0 Å². The molecule has 0 heteroatoms. The minimum absolute atomic E-state index is 0.0986. The fourth-order valence-electron chi connectivity index (χ4n) is 21.9. The Morgan fingerprint density at radius 1 is 0.148 bits per heavy atom. The molecule has 0 aliphatic heterocycles. The highest BCUT2D eigenvalue weighted by atomic mass is 14.4. The van der Waals surface area contributed by atoms with Crippen molar-refractivity contribution in [2.45, 2.75) is 143 Å². The maximum atomic E-state index is 2.49. The molecule has 0 spiro atoms. The molecule has 22 aromatic rings. The average molecular weight is 1570 g/mol. The Morgan fingerprint density at radius 3 is 0.557 bits per heavy atom. The largest absolute Gasteiger partial charge is 0.0561 e. The highest BCUT2D eigenvalue weighted by Crippen LogP contribution is 2.56. The SMILES string of the molecule is CC(C)(C)c1cc2ccc3ccc(-c4ccc(-c5ccc6c(c5)C(C)(C)c5cc(-c7ccc(-c8ccc9ccc%10cc(C(C)(C)C)cc%11ccc8c9c%10%11)cc7)ccc5-6)cc4)c4ccc(c1)c2c34.CC(C)(C)c1cc2ccc3ccc(-c4ccc5c(c4)C(C)(C)c4cc(-c6ccc7ccc8cc(C(C)(C)C)cc9ccc6c7c89)ccc4-5)c4ccc(c1)c2c34. The van der Waals surface area contributed by atoms with Gasteiger partial charge in [-0.3, -0.25) is 0 Å². The van der Waals surface area contributed by atoms with Gasteiger partial charge in [0.25, 0.3) is 0 Å². The van der Waals surface area contributed by atoms with E-state index < -0.39 is 0 Å². The number of fused-ring (bicyclic) bond motifs is 6. The van der Waals surface area contributed by atoms with Crippen LogP contribution in [0.3, 0.4) is 0 Å². The molecule has 122 heavy (non-hydrogen) atoms. The zero-order chi connectivity index (χ0) is 83.5. The number of rotatable bonds is 6. The van der Waals surface area contributed by atoms with Crippen LogP contribution in [-0.2, 0) is 32.5 Å². The van der Waals surface area contributed by atoms with E-state index in [0.717, 1.165) is 0 Å². The summed E-state index contributed by atoms with van der Waals surface area (Å²) in [4.78, 5) is 0. The first-order valence-corrected chi connectivity index (χ1v) is 44.1. The normalized spacial score (nSPS) is 14.0. The van der Waals surface area contributed by atoms with E-state index in [1.165, 1.54) is 263 Å². The topological polar surface area (TPSA) is 0 Å². The summed E-state index contributed by atoms with van der Waals surface area (Å²) < 4.78 is 0. The summed E-state index contributed by atoms with van der Waals surface area (Å²) in [7, 11) is 0. The lowest BCUT2D eigenvalue weighted by Crippen LogP contribution is -2.15. The smallest absolute Gasteiger partial charge is 0.0159 e. The van der Waals surface area contributed by atoms with Crippen LogP contribution in [0.25, 0.3) is 218 Å².